The molecule has 1 N–H and O–H groups in total. The number of thiazole rings is 1. The number of nitrogens with one attached hydrogen (secondary N) is 1. The van der Waals surface area contributed by atoms with E-state index in [1.54, 1.807) is 43.1 Å². The van der Waals surface area contributed by atoms with Gasteiger partial charge < -0.3 is 14.5 Å². The van der Waals surface area contributed by atoms with Gasteiger partial charge >= 0.3 is 0 Å². The number of aromatic nitrogens is 1. The van der Waals surface area contributed by atoms with Crippen molar-refractivity contribution in [3.8, 4) is 5.75 Å². The maximum absolute atomic E-state index is 13.6. The summed E-state index contributed by atoms with van der Waals surface area (Å²) in [6, 6.07) is 19.4. The number of allylic oxidation sites excluding steroid dienone is 1. The van der Waals surface area contributed by atoms with Gasteiger partial charge in [0.25, 0.3) is 11.5 Å². The predicted molar refractivity (Wildman–Crippen MR) is 131 cm³/mol. The maximum atomic E-state index is 13.6. The Hall–Kier alpha value is -4.17. The maximum Gasteiger partial charge on any atom is 0.271 e. The summed E-state index contributed by atoms with van der Waals surface area (Å²) < 4.78 is 12.9. The van der Waals surface area contributed by atoms with E-state index in [4.69, 9.17) is 9.15 Å². The molecule has 0 bridgehead atoms. The number of rotatable bonds is 5. The lowest BCUT2D eigenvalue weighted by molar-refractivity contribution is -0.113. The molecule has 5 rings (SSSR count). The molecule has 1 aliphatic heterocycles. The van der Waals surface area contributed by atoms with Crippen molar-refractivity contribution < 1.29 is 13.9 Å². The SMILES string of the molecule is COc1cccc(C2C(C(=O)Nc3ccccc3)=C(C)N=c3s/c(=C\c4ccco4)c(=O)n32)c1. The van der Waals surface area contributed by atoms with Crippen molar-refractivity contribution in [2.24, 2.45) is 4.99 Å². The number of nitrogens with zero attached hydrogens (tertiary/aromatic N) is 2. The molecule has 0 fully saturated rings. The van der Waals surface area contributed by atoms with Crippen molar-refractivity contribution >= 4 is 29.0 Å². The summed E-state index contributed by atoms with van der Waals surface area (Å²) in [5, 5.41) is 2.94. The lowest BCUT2D eigenvalue weighted by atomic mass is 9.95. The summed E-state index contributed by atoms with van der Waals surface area (Å²) in [6.45, 7) is 1.79. The van der Waals surface area contributed by atoms with Crippen LogP contribution in [0.25, 0.3) is 6.08 Å². The van der Waals surface area contributed by atoms with Gasteiger partial charge in [-0.25, -0.2) is 4.99 Å². The Morgan fingerprint density at radius 1 is 1.15 bits per heavy atom. The summed E-state index contributed by atoms with van der Waals surface area (Å²) in [5.41, 5.74) is 2.11. The molecule has 1 aliphatic rings. The Balaban J connectivity index is 1.70. The van der Waals surface area contributed by atoms with Gasteiger partial charge in [-0.3, -0.25) is 14.2 Å². The summed E-state index contributed by atoms with van der Waals surface area (Å²) in [5.74, 6) is 0.884. The molecule has 8 heteroatoms. The van der Waals surface area contributed by atoms with Crippen molar-refractivity contribution in [1.29, 1.82) is 0 Å². The Morgan fingerprint density at radius 2 is 1.97 bits per heavy atom. The van der Waals surface area contributed by atoms with E-state index in [-0.39, 0.29) is 11.5 Å². The molecule has 0 spiro atoms. The number of para-hydroxylation sites is 1. The first-order valence-electron chi connectivity index (χ1n) is 10.6. The molecule has 0 radical (unpaired) electrons. The fourth-order valence-corrected chi connectivity index (χ4v) is 4.99. The van der Waals surface area contributed by atoms with Gasteiger partial charge in [-0.1, -0.05) is 41.7 Å². The van der Waals surface area contributed by atoms with E-state index in [1.165, 1.54) is 11.3 Å². The first-order chi connectivity index (χ1) is 16.5. The number of carbonyl (C=O) groups is 1. The minimum absolute atomic E-state index is 0.245. The summed E-state index contributed by atoms with van der Waals surface area (Å²) >= 11 is 1.26. The highest BCUT2D eigenvalue weighted by atomic mass is 32.1. The molecule has 4 aromatic rings. The minimum Gasteiger partial charge on any atom is -0.497 e. The number of amides is 1. The standard InChI is InChI=1S/C26H21N3O4S/c1-16-22(24(30)28-18-9-4-3-5-10-18)23(17-8-6-11-19(14-17)32-2)29-25(31)21(34-26(29)27-16)15-20-12-7-13-33-20/h3-15,23H,1-2H3,(H,28,30)/b21-15-. The number of anilines is 1. The number of methoxy groups -OCH3 is 1. The van der Waals surface area contributed by atoms with Crippen LogP contribution in [0.4, 0.5) is 5.69 Å². The quantitative estimate of drug-likeness (QED) is 0.483. The monoisotopic (exact) mass is 471 g/mol. The van der Waals surface area contributed by atoms with Crippen LogP contribution in [0.1, 0.15) is 24.3 Å². The molecular formula is C26H21N3O4S. The Bertz CT molecular complexity index is 1560. The van der Waals surface area contributed by atoms with Gasteiger partial charge in [0.05, 0.1) is 35.2 Å². The smallest absolute Gasteiger partial charge is 0.271 e. The molecule has 0 saturated heterocycles. The third-order valence-corrected chi connectivity index (χ3v) is 6.51. The van der Waals surface area contributed by atoms with Gasteiger partial charge in [0, 0.05) is 11.8 Å². The summed E-state index contributed by atoms with van der Waals surface area (Å²) in [6.07, 6.45) is 3.24. The molecule has 2 aromatic carbocycles. The first-order valence-corrected chi connectivity index (χ1v) is 11.4. The number of benzene rings is 2. The number of hydrogen-bond acceptors (Lipinski definition) is 6. The second kappa shape index (κ2) is 8.99. The van der Waals surface area contributed by atoms with Crippen molar-refractivity contribution in [2.45, 2.75) is 13.0 Å². The van der Waals surface area contributed by atoms with Crippen LogP contribution < -0.4 is 24.9 Å². The third-order valence-electron chi connectivity index (χ3n) is 5.52. The second-order valence-electron chi connectivity index (χ2n) is 7.69. The van der Waals surface area contributed by atoms with Crippen LogP contribution in [-0.4, -0.2) is 17.6 Å². The van der Waals surface area contributed by atoms with Gasteiger partial charge in [0.1, 0.15) is 11.5 Å². The normalized spacial score (nSPS) is 15.6. The number of hydrogen-bond donors (Lipinski definition) is 1. The molecule has 1 unspecified atom stereocenters. The van der Waals surface area contributed by atoms with Crippen molar-refractivity contribution in [3.05, 3.63) is 115 Å². The average Bonchev–Trinajstić information content (AvgIpc) is 3.47. The summed E-state index contributed by atoms with van der Waals surface area (Å²) in [7, 11) is 1.58. The Kier molecular flexibility index (Phi) is 5.73. The van der Waals surface area contributed by atoms with Crippen molar-refractivity contribution in [2.75, 3.05) is 12.4 Å². The second-order valence-corrected chi connectivity index (χ2v) is 8.70. The molecule has 34 heavy (non-hydrogen) atoms. The first kappa shape index (κ1) is 21.7. The fraction of sp³-hybridized carbons (Fsp3) is 0.115. The van der Waals surface area contributed by atoms with Crippen molar-refractivity contribution in [3.63, 3.8) is 0 Å². The lowest BCUT2D eigenvalue weighted by Gasteiger charge is -2.25. The number of furan rings is 1. The van der Waals surface area contributed by atoms with Gasteiger partial charge in [-0.15, -0.1) is 0 Å². The largest absolute Gasteiger partial charge is 0.497 e. The molecule has 1 atom stereocenters. The van der Waals surface area contributed by atoms with E-state index < -0.39 is 6.04 Å². The average molecular weight is 472 g/mol. The minimum atomic E-state index is -0.672. The fourth-order valence-electron chi connectivity index (χ4n) is 3.96. The number of fused-ring (bicyclic) bond motifs is 1. The van der Waals surface area contributed by atoms with Crippen molar-refractivity contribution in [1.82, 2.24) is 4.57 Å². The van der Waals surface area contributed by atoms with E-state index in [1.807, 2.05) is 54.6 Å². The third kappa shape index (κ3) is 3.99. The molecule has 0 aliphatic carbocycles. The number of ether oxygens (including phenoxy) is 1. The van der Waals surface area contributed by atoms with Crippen LogP contribution in [-0.2, 0) is 4.79 Å². The highest BCUT2D eigenvalue weighted by molar-refractivity contribution is 7.07. The van der Waals surface area contributed by atoms with Crippen LogP contribution in [0.15, 0.2) is 98.5 Å². The zero-order valence-corrected chi connectivity index (χ0v) is 19.3. The molecule has 2 aromatic heterocycles. The number of carbonyl (C=O) groups excluding carboxylic acids is 1. The molecular weight excluding hydrogens is 450 g/mol. The Morgan fingerprint density at radius 3 is 2.71 bits per heavy atom. The van der Waals surface area contributed by atoms with E-state index in [2.05, 4.69) is 10.3 Å². The van der Waals surface area contributed by atoms with E-state index >= 15 is 0 Å². The van der Waals surface area contributed by atoms with Gasteiger partial charge in [-0.2, -0.15) is 0 Å². The molecule has 170 valence electrons. The van der Waals surface area contributed by atoms with Gasteiger partial charge in [0.15, 0.2) is 4.80 Å². The van der Waals surface area contributed by atoms with E-state index in [9.17, 15) is 9.59 Å². The Labute approximate surface area is 199 Å². The highest BCUT2D eigenvalue weighted by Crippen LogP contribution is 2.32. The molecule has 3 heterocycles. The van der Waals surface area contributed by atoms with Crippen LogP contribution in [0.5, 0.6) is 5.75 Å². The molecule has 7 nitrogen and oxygen atoms in total. The molecule has 1 amide bonds. The van der Waals surface area contributed by atoms with E-state index in [0.29, 0.717) is 37.8 Å². The van der Waals surface area contributed by atoms with Crippen LogP contribution >= 0.6 is 11.3 Å². The zero-order chi connectivity index (χ0) is 23.7. The topological polar surface area (TPSA) is 85.8 Å². The predicted octanol–water partition coefficient (Wildman–Crippen LogP) is 3.48. The lowest BCUT2D eigenvalue weighted by Crippen LogP contribution is -2.40. The van der Waals surface area contributed by atoms with Crippen LogP contribution in [0, 0.1) is 0 Å². The zero-order valence-electron chi connectivity index (χ0n) is 18.5. The van der Waals surface area contributed by atoms with Gasteiger partial charge in [-0.05, 0) is 48.9 Å². The van der Waals surface area contributed by atoms with Crippen LogP contribution in [0.3, 0.4) is 0 Å². The molecule has 0 saturated carbocycles. The van der Waals surface area contributed by atoms with E-state index in [0.717, 1.165) is 5.56 Å². The highest BCUT2D eigenvalue weighted by Gasteiger charge is 2.32. The van der Waals surface area contributed by atoms with Crippen LogP contribution in [0.2, 0.25) is 0 Å². The van der Waals surface area contributed by atoms with Gasteiger partial charge in [0.2, 0.25) is 0 Å². The summed E-state index contributed by atoms with van der Waals surface area (Å²) in [4.78, 5) is 32.2.